The van der Waals surface area contributed by atoms with E-state index < -0.39 is 6.04 Å². The summed E-state index contributed by atoms with van der Waals surface area (Å²) in [6, 6.07) is 5.90. The Morgan fingerprint density at radius 1 is 1.30 bits per heavy atom. The Bertz CT molecular complexity index is 513. The number of nitrogens with one attached hydrogen (secondary N) is 1. The minimum atomic E-state index is -0.445. The minimum absolute atomic E-state index is 0.0817. The summed E-state index contributed by atoms with van der Waals surface area (Å²) < 4.78 is 0. The van der Waals surface area contributed by atoms with E-state index in [1.54, 1.807) is 6.92 Å². The molecule has 1 aromatic heterocycles. The number of piperazine rings is 1. The fraction of sp³-hybridized carbons (Fsp3) is 0.647. The topological polar surface area (TPSA) is 68.7 Å². The average Bonchev–Trinajstić information content (AvgIpc) is 2.59. The van der Waals surface area contributed by atoms with Crippen molar-refractivity contribution in [1.29, 1.82) is 0 Å². The number of amides is 1. The molecule has 0 unspecified atom stereocenters. The van der Waals surface area contributed by atoms with Crippen LogP contribution in [-0.2, 0) is 4.79 Å². The predicted molar refractivity (Wildman–Crippen MR) is 91.4 cm³/mol. The summed E-state index contributed by atoms with van der Waals surface area (Å²) in [5, 5.41) is 12.4. The van der Waals surface area contributed by atoms with Gasteiger partial charge in [0.1, 0.15) is 5.82 Å². The molecule has 0 aromatic carbocycles. The Balaban J connectivity index is 2.06. The van der Waals surface area contributed by atoms with Gasteiger partial charge in [-0.25, -0.2) is 4.98 Å². The number of aliphatic hydroxyl groups excluding tert-OH is 1. The highest BCUT2D eigenvalue weighted by atomic mass is 16.3. The monoisotopic (exact) mass is 320 g/mol. The summed E-state index contributed by atoms with van der Waals surface area (Å²) in [4.78, 5) is 21.0. The third-order valence-corrected chi connectivity index (χ3v) is 4.32. The summed E-state index contributed by atoms with van der Waals surface area (Å²) in [5.74, 6) is 0.830. The first kappa shape index (κ1) is 17.7. The number of hydrogen-bond acceptors (Lipinski definition) is 5. The molecule has 0 spiro atoms. The fourth-order valence-electron chi connectivity index (χ4n) is 2.79. The maximum absolute atomic E-state index is 11.6. The van der Waals surface area contributed by atoms with Crippen molar-refractivity contribution in [2.75, 3.05) is 37.7 Å². The molecule has 128 valence electrons. The largest absolute Gasteiger partial charge is 0.394 e. The highest BCUT2D eigenvalue weighted by molar-refractivity contribution is 5.76. The highest BCUT2D eigenvalue weighted by Gasteiger charge is 2.21. The van der Waals surface area contributed by atoms with Crippen molar-refractivity contribution in [1.82, 2.24) is 15.2 Å². The Kier molecular flexibility index (Phi) is 6.36. The van der Waals surface area contributed by atoms with Crippen LogP contribution >= 0.6 is 0 Å². The molecule has 23 heavy (non-hydrogen) atoms. The number of carbonyl (C=O) groups is 1. The number of nitrogens with zero attached hydrogens (tertiary/aromatic N) is 3. The molecule has 0 aliphatic carbocycles. The van der Waals surface area contributed by atoms with Gasteiger partial charge in [0.05, 0.1) is 18.3 Å². The van der Waals surface area contributed by atoms with Crippen LogP contribution in [0, 0.1) is 0 Å². The molecule has 2 rings (SSSR count). The number of aromatic nitrogens is 1. The first-order valence-electron chi connectivity index (χ1n) is 8.41. The summed E-state index contributed by atoms with van der Waals surface area (Å²) in [6.07, 6.45) is 0.396. The summed E-state index contributed by atoms with van der Waals surface area (Å²) in [5.41, 5.74) is 0.707. The van der Waals surface area contributed by atoms with Gasteiger partial charge in [-0.1, -0.05) is 13.0 Å². The second kappa shape index (κ2) is 8.26. The third kappa shape index (κ3) is 4.65. The van der Waals surface area contributed by atoms with Crippen LogP contribution in [0.5, 0.6) is 0 Å². The lowest BCUT2D eigenvalue weighted by Gasteiger charge is -2.37. The molecule has 1 aromatic rings. The standard InChI is InChI=1S/C17H28N4O2/c1-4-17(23)19-15(12-22)14-6-5-7-16(18-14)21-10-8-20(9-11-21)13(2)3/h5-7,13,15,22H,4,8-12H2,1-3H3,(H,19,23)/t15-/m1/s1. The molecule has 6 nitrogen and oxygen atoms in total. The zero-order valence-corrected chi connectivity index (χ0v) is 14.3. The van der Waals surface area contributed by atoms with Crippen molar-refractivity contribution < 1.29 is 9.90 Å². The third-order valence-electron chi connectivity index (χ3n) is 4.32. The molecular weight excluding hydrogens is 292 g/mol. The van der Waals surface area contributed by atoms with E-state index in [1.165, 1.54) is 0 Å². The van der Waals surface area contributed by atoms with Crippen LogP contribution < -0.4 is 10.2 Å². The first-order chi connectivity index (χ1) is 11.0. The van der Waals surface area contributed by atoms with Gasteiger partial charge < -0.3 is 15.3 Å². The normalized spacial score (nSPS) is 17.3. The van der Waals surface area contributed by atoms with Gasteiger partial charge in [0.25, 0.3) is 0 Å². The quantitative estimate of drug-likeness (QED) is 0.823. The Morgan fingerprint density at radius 2 is 2.00 bits per heavy atom. The molecular formula is C17H28N4O2. The van der Waals surface area contributed by atoms with Crippen molar-refractivity contribution in [3.05, 3.63) is 23.9 Å². The number of anilines is 1. The van der Waals surface area contributed by atoms with Crippen molar-refractivity contribution in [2.24, 2.45) is 0 Å². The molecule has 0 bridgehead atoms. The highest BCUT2D eigenvalue weighted by Crippen LogP contribution is 2.18. The van der Waals surface area contributed by atoms with Gasteiger partial charge in [0.2, 0.25) is 5.91 Å². The number of rotatable bonds is 6. The zero-order valence-electron chi connectivity index (χ0n) is 14.3. The second-order valence-corrected chi connectivity index (χ2v) is 6.19. The molecule has 0 radical (unpaired) electrons. The Hall–Kier alpha value is -1.66. The second-order valence-electron chi connectivity index (χ2n) is 6.19. The Labute approximate surface area is 138 Å². The number of carbonyl (C=O) groups excluding carboxylic acids is 1. The Morgan fingerprint density at radius 3 is 2.57 bits per heavy atom. The van der Waals surface area contributed by atoms with Gasteiger partial charge in [0.15, 0.2) is 0 Å². The summed E-state index contributed by atoms with van der Waals surface area (Å²) in [7, 11) is 0. The zero-order chi connectivity index (χ0) is 16.8. The van der Waals surface area contributed by atoms with Crippen molar-refractivity contribution in [3.8, 4) is 0 Å². The lowest BCUT2D eigenvalue weighted by Crippen LogP contribution is -2.49. The molecule has 2 heterocycles. The van der Waals surface area contributed by atoms with E-state index in [-0.39, 0.29) is 12.5 Å². The van der Waals surface area contributed by atoms with E-state index in [4.69, 9.17) is 0 Å². The minimum Gasteiger partial charge on any atom is -0.394 e. The number of aliphatic hydroxyl groups is 1. The maximum atomic E-state index is 11.6. The van der Waals surface area contributed by atoms with Crippen molar-refractivity contribution in [2.45, 2.75) is 39.3 Å². The van der Waals surface area contributed by atoms with Crippen LogP contribution in [0.1, 0.15) is 38.9 Å². The van der Waals surface area contributed by atoms with E-state index in [2.05, 4.69) is 33.9 Å². The van der Waals surface area contributed by atoms with Gasteiger partial charge in [0, 0.05) is 38.6 Å². The van der Waals surface area contributed by atoms with E-state index in [0.717, 1.165) is 32.0 Å². The molecule has 1 atom stereocenters. The molecule has 2 N–H and O–H groups in total. The smallest absolute Gasteiger partial charge is 0.220 e. The van der Waals surface area contributed by atoms with Gasteiger partial charge in [-0.3, -0.25) is 9.69 Å². The molecule has 1 aliphatic heterocycles. The molecule has 1 amide bonds. The van der Waals surface area contributed by atoms with Crippen LogP contribution in [0.2, 0.25) is 0 Å². The lowest BCUT2D eigenvalue weighted by atomic mass is 10.2. The summed E-state index contributed by atoms with van der Waals surface area (Å²) in [6.45, 7) is 10.0. The van der Waals surface area contributed by atoms with Crippen molar-refractivity contribution in [3.63, 3.8) is 0 Å². The predicted octanol–water partition coefficient (Wildman–Crippen LogP) is 1.17. The molecule has 6 heteroatoms. The number of hydrogen-bond donors (Lipinski definition) is 2. The fourth-order valence-corrected chi connectivity index (χ4v) is 2.79. The average molecular weight is 320 g/mol. The van der Waals surface area contributed by atoms with Crippen LogP contribution in [0.3, 0.4) is 0 Å². The van der Waals surface area contributed by atoms with Crippen molar-refractivity contribution >= 4 is 11.7 Å². The molecule has 1 saturated heterocycles. The van der Waals surface area contributed by atoms with Gasteiger partial charge in [-0.15, -0.1) is 0 Å². The van der Waals surface area contributed by atoms with Gasteiger partial charge >= 0.3 is 0 Å². The van der Waals surface area contributed by atoms with Gasteiger partial charge in [-0.05, 0) is 26.0 Å². The molecule has 1 aliphatic rings. The van der Waals surface area contributed by atoms with E-state index in [9.17, 15) is 9.90 Å². The van der Waals surface area contributed by atoms with Crippen LogP contribution in [-0.4, -0.2) is 59.7 Å². The number of pyridine rings is 1. The lowest BCUT2D eigenvalue weighted by molar-refractivity contribution is -0.121. The SMILES string of the molecule is CCC(=O)N[C@H](CO)c1cccc(N2CCN(C(C)C)CC2)n1. The maximum Gasteiger partial charge on any atom is 0.220 e. The first-order valence-corrected chi connectivity index (χ1v) is 8.41. The summed E-state index contributed by atoms with van der Waals surface area (Å²) >= 11 is 0. The van der Waals surface area contributed by atoms with E-state index in [0.29, 0.717) is 18.2 Å². The van der Waals surface area contributed by atoms with E-state index >= 15 is 0 Å². The van der Waals surface area contributed by atoms with Crippen LogP contribution in [0.15, 0.2) is 18.2 Å². The molecule has 0 saturated carbocycles. The van der Waals surface area contributed by atoms with Crippen LogP contribution in [0.25, 0.3) is 0 Å². The van der Waals surface area contributed by atoms with E-state index in [1.807, 2.05) is 18.2 Å². The van der Waals surface area contributed by atoms with Crippen LogP contribution in [0.4, 0.5) is 5.82 Å². The van der Waals surface area contributed by atoms with Gasteiger partial charge in [-0.2, -0.15) is 0 Å². The molecule has 1 fully saturated rings.